The van der Waals surface area contributed by atoms with Gasteiger partial charge in [0.25, 0.3) is 5.91 Å². The van der Waals surface area contributed by atoms with Crippen LogP contribution in [0.1, 0.15) is 47.7 Å². The van der Waals surface area contributed by atoms with Crippen LogP contribution in [0.4, 0.5) is 8.78 Å². The summed E-state index contributed by atoms with van der Waals surface area (Å²) >= 11 is 0. The van der Waals surface area contributed by atoms with Crippen LogP contribution >= 0.6 is 0 Å². The number of carbonyl (C=O) groups is 2. The highest BCUT2D eigenvalue weighted by atomic mass is 19.1. The SMILES string of the molecule is Cc1cc(C)n2nc(CCCNC(=O)[C@H](NC(=O)c3c(F)cccc3F)C(C)C)cc2n1. The molecule has 0 radical (unpaired) electrons. The topological polar surface area (TPSA) is 88.4 Å². The van der Waals surface area contributed by atoms with Gasteiger partial charge in [-0.1, -0.05) is 19.9 Å². The highest BCUT2D eigenvalue weighted by Gasteiger charge is 2.27. The van der Waals surface area contributed by atoms with Gasteiger partial charge in [0.15, 0.2) is 5.65 Å². The van der Waals surface area contributed by atoms with E-state index in [1.807, 2.05) is 26.0 Å². The Balaban J connectivity index is 1.56. The maximum atomic E-state index is 13.9. The van der Waals surface area contributed by atoms with E-state index in [1.54, 1.807) is 18.4 Å². The minimum Gasteiger partial charge on any atom is -0.354 e. The molecule has 2 heterocycles. The second-order valence-corrected chi connectivity index (χ2v) is 8.13. The zero-order chi connectivity index (χ0) is 23.4. The number of hydrogen-bond donors (Lipinski definition) is 2. The van der Waals surface area contributed by atoms with Crippen molar-refractivity contribution >= 4 is 17.5 Å². The number of amides is 2. The Morgan fingerprint density at radius 2 is 1.81 bits per heavy atom. The lowest BCUT2D eigenvalue weighted by atomic mass is 10.0. The molecule has 170 valence electrons. The van der Waals surface area contributed by atoms with Crippen LogP contribution in [-0.2, 0) is 11.2 Å². The van der Waals surface area contributed by atoms with Gasteiger partial charge in [-0.15, -0.1) is 0 Å². The number of aromatic nitrogens is 3. The predicted molar refractivity (Wildman–Crippen MR) is 116 cm³/mol. The summed E-state index contributed by atoms with van der Waals surface area (Å²) in [6.45, 7) is 7.75. The molecule has 0 aliphatic carbocycles. The van der Waals surface area contributed by atoms with Crippen molar-refractivity contribution in [1.82, 2.24) is 25.2 Å². The highest BCUT2D eigenvalue weighted by molar-refractivity contribution is 5.98. The molecule has 2 aromatic heterocycles. The van der Waals surface area contributed by atoms with E-state index in [0.29, 0.717) is 19.4 Å². The number of hydrogen-bond acceptors (Lipinski definition) is 4. The Kier molecular flexibility index (Phi) is 7.17. The molecule has 3 aromatic rings. The number of halogens is 2. The van der Waals surface area contributed by atoms with E-state index in [4.69, 9.17) is 0 Å². The number of aryl methyl sites for hydroxylation is 3. The minimum atomic E-state index is -0.974. The zero-order valence-corrected chi connectivity index (χ0v) is 18.6. The van der Waals surface area contributed by atoms with Crippen LogP contribution in [0.5, 0.6) is 0 Å². The van der Waals surface area contributed by atoms with Crippen molar-refractivity contribution in [3.63, 3.8) is 0 Å². The van der Waals surface area contributed by atoms with E-state index in [0.717, 1.165) is 34.9 Å². The Morgan fingerprint density at radius 3 is 2.47 bits per heavy atom. The van der Waals surface area contributed by atoms with E-state index in [2.05, 4.69) is 20.7 Å². The first-order valence-corrected chi connectivity index (χ1v) is 10.5. The monoisotopic (exact) mass is 443 g/mol. The fraction of sp³-hybridized carbons (Fsp3) is 0.391. The highest BCUT2D eigenvalue weighted by Crippen LogP contribution is 2.14. The summed E-state index contributed by atoms with van der Waals surface area (Å²) in [5.74, 6) is -3.59. The minimum absolute atomic E-state index is 0.274. The molecule has 0 saturated carbocycles. The second-order valence-electron chi connectivity index (χ2n) is 8.13. The summed E-state index contributed by atoms with van der Waals surface area (Å²) < 4.78 is 29.5. The molecule has 0 unspecified atom stereocenters. The Morgan fingerprint density at radius 1 is 1.12 bits per heavy atom. The summed E-state index contributed by atoms with van der Waals surface area (Å²) in [5.41, 5.74) is 2.87. The van der Waals surface area contributed by atoms with Gasteiger partial charge in [-0.2, -0.15) is 5.10 Å². The van der Waals surface area contributed by atoms with Crippen LogP contribution in [0.3, 0.4) is 0 Å². The molecule has 2 amide bonds. The van der Waals surface area contributed by atoms with Gasteiger partial charge in [0.05, 0.1) is 5.69 Å². The Bertz CT molecular complexity index is 1120. The van der Waals surface area contributed by atoms with Crippen molar-refractivity contribution in [2.24, 2.45) is 5.92 Å². The van der Waals surface area contributed by atoms with E-state index in [9.17, 15) is 18.4 Å². The molecule has 1 atom stereocenters. The van der Waals surface area contributed by atoms with Crippen LogP contribution in [-0.4, -0.2) is 39.0 Å². The standard InChI is InChI=1S/C23H27F2N5O2/c1-13(2)21(28-22(31)20-17(24)8-5-9-18(20)25)23(32)26-10-6-7-16-12-19-27-14(3)11-15(4)30(19)29-16/h5,8-9,11-13,21H,6-7,10H2,1-4H3,(H,26,32)(H,28,31)/t21-/m1/s1. The Hall–Kier alpha value is -3.36. The van der Waals surface area contributed by atoms with E-state index < -0.39 is 35.1 Å². The van der Waals surface area contributed by atoms with Crippen molar-refractivity contribution in [3.8, 4) is 0 Å². The first-order chi connectivity index (χ1) is 15.2. The molecule has 2 N–H and O–H groups in total. The average Bonchev–Trinajstić information content (AvgIpc) is 3.12. The van der Waals surface area contributed by atoms with E-state index >= 15 is 0 Å². The van der Waals surface area contributed by atoms with Crippen LogP contribution in [0, 0.1) is 31.4 Å². The van der Waals surface area contributed by atoms with Crippen LogP contribution in [0.2, 0.25) is 0 Å². The fourth-order valence-electron chi connectivity index (χ4n) is 3.51. The van der Waals surface area contributed by atoms with Crippen molar-refractivity contribution in [2.45, 2.75) is 46.6 Å². The maximum Gasteiger partial charge on any atom is 0.257 e. The molecule has 3 rings (SSSR count). The van der Waals surface area contributed by atoms with Gasteiger partial charge in [0.1, 0.15) is 23.2 Å². The first kappa shape index (κ1) is 23.3. The van der Waals surface area contributed by atoms with E-state index in [1.165, 1.54) is 6.07 Å². The Labute approximate surface area is 185 Å². The molecule has 0 saturated heterocycles. The van der Waals surface area contributed by atoms with Gasteiger partial charge in [-0.05, 0) is 50.8 Å². The number of rotatable bonds is 8. The molecular formula is C23H27F2N5O2. The van der Waals surface area contributed by atoms with Gasteiger partial charge in [-0.25, -0.2) is 18.3 Å². The zero-order valence-electron chi connectivity index (χ0n) is 18.6. The number of nitrogens with one attached hydrogen (secondary N) is 2. The number of fused-ring (bicyclic) bond motifs is 1. The summed E-state index contributed by atoms with van der Waals surface area (Å²) in [6, 6.07) is 6.13. The molecular weight excluding hydrogens is 416 g/mol. The molecule has 0 spiro atoms. The lowest BCUT2D eigenvalue weighted by Gasteiger charge is -2.22. The molecule has 1 aromatic carbocycles. The summed E-state index contributed by atoms with van der Waals surface area (Å²) in [5, 5.41) is 9.77. The average molecular weight is 443 g/mol. The van der Waals surface area contributed by atoms with Crippen LogP contribution in [0.25, 0.3) is 5.65 Å². The smallest absolute Gasteiger partial charge is 0.257 e. The van der Waals surface area contributed by atoms with Crippen molar-refractivity contribution in [1.29, 1.82) is 0 Å². The molecule has 32 heavy (non-hydrogen) atoms. The van der Waals surface area contributed by atoms with Gasteiger partial charge < -0.3 is 10.6 Å². The third kappa shape index (κ3) is 5.27. The maximum absolute atomic E-state index is 13.9. The predicted octanol–water partition coefficient (Wildman–Crippen LogP) is 3.13. The van der Waals surface area contributed by atoms with Gasteiger partial charge in [0.2, 0.25) is 5.91 Å². The lowest BCUT2D eigenvalue weighted by molar-refractivity contribution is -0.123. The van der Waals surface area contributed by atoms with Gasteiger partial charge in [-0.3, -0.25) is 9.59 Å². The number of benzene rings is 1. The van der Waals surface area contributed by atoms with Gasteiger partial charge in [0, 0.05) is 24.0 Å². The molecule has 0 aliphatic heterocycles. The van der Waals surface area contributed by atoms with Crippen LogP contribution < -0.4 is 10.6 Å². The van der Waals surface area contributed by atoms with Crippen LogP contribution in [0.15, 0.2) is 30.3 Å². The lowest BCUT2D eigenvalue weighted by Crippen LogP contribution is -2.50. The molecule has 7 nitrogen and oxygen atoms in total. The number of carbonyl (C=O) groups excluding carboxylic acids is 2. The largest absolute Gasteiger partial charge is 0.354 e. The van der Waals surface area contributed by atoms with Crippen molar-refractivity contribution in [3.05, 3.63) is 64.6 Å². The third-order valence-corrected chi connectivity index (χ3v) is 5.12. The van der Waals surface area contributed by atoms with Crippen molar-refractivity contribution in [2.75, 3.05) is 6.54 Å². The summed E-state index contributed by atoms with van der Waals surface area (Å²) in [4.78, 5) is 29.4. The fourth-order valence-corrected chi connectivity index (χ4v) is 3.51. The number of nitrogens with zero attached hydrogens (tertiary/aromatic N) is 3. The molecule has 0 aliphatic rings. The molecule has 0 fully saturated rings. The normalized spacial score (nSPS) is 12.2. The van der Waals surface area contributed by atoms with E-state index in [-0.39, 0.29) is 5.92 Å². The summed E-state index contributed by atoms with van der Waals surface area (Å²) in [6.07, 6.45) is 1.27. The second kappa shape index (κ2) is 9.84. The summed E-state index contributed by atoms with van der Waals surface area (Å²) in [7, 11) is 0. The third-order valence-electron chi connectivity index (χ3n) is 5.12. The van der Waals surface area contributed by atoms with Gasteiger partial charge >= 0.3 is 0 Å². The quantitative estimate of drug-likeness (QED) is 0.524. The first-order valence-electron chi connectivity index (χ1n) is 10.5. The molecule has 0 bridgehead atoms. The van der Waals surface area contributed by atoms with Crippen molar-refractivity contribution < 1.29 is 18.4 Å². The molecule has 9 heteroatoms.